The Morgan fingerprint density at radius 3 is 2.70 bits per heavy atom. The van der Waals surface area contributed by atoms with Gasteiger partial charge in [0.2, 0.25) is 0 Å². The monoisotopic (exact) mass is 408 g/mol. The molecular weight excluding hydrogens is 380 g/mol. The van der Waals surface area contributed by atoms with Crippen LogP contribution in [0.2, 0.25) is 0 Å². The summed E-state index contributed by atoms with van der Waals surface area (Å²) in [5.74, 6) is 0. The van der Waals surface area contributed by atoms with Crippen LogP contribution in [0.15, 0.2) is 35.4 Å². The molecule has 1 aromatic carbocycles. The van der Waals surface area contributed by atoms with Gasteiger partial charge < -0.3 is 9.64 Å². The van der Waals surface area contributed by atoms with Crippen LogP contribution in [0.4, 0.5) is 5.69 Å². The number of piperazine rings is 1. The Morgan fingerprint density at radius 1 is 1.10 bits per heavy atom. The van der Waals surface area contributed by atoms with Crippen molar-refractivity contribution >= 4 is 16.6 Å². The number of ether oxygens (including phenoxy) is 1. The van der Waals surface area contributed by atoms with Crippen molar-refractivity contribution < 1.29 is 4.74 Å². The standard InChI is InChI=1S/C22H28N6O2/c1-16(2)27-15-23-21-12-18(3-4-20(21)22(27)29)26-7-5-25(6-8-26)13-17-11-19-14-30-10-9-28(19)24-17/h3-4,11-12,15-16H,5-10,13-14H2,1-2H3. The molecule has 0 saturated carbocycles. The second-order valence-corrected chi connectivity index (χ2v) is 8.42. The van der Waals surface area contributed by atoms with Gasteiger partial charge in [0.25, 0.3) is 5.56 Å². The largest absolute Gasteiger partial charge is 0.373 e. The molecule has 158 valence electrons. The second-order valence-electron chi connectivity index (χ2n) is 8.42. The summed E-state index contributed by atoms with van der Waals surface area (Å²) in [7, 11) is 0. The number of fused-ring (bicyclic) bond motifs is 2. The third-order valence-electron chi connectivity index (χ3n) is 6.06. The van der Waals surface area contributed by atoms with Crippen molar-refractivity contribution in [2.24, 2.45) is 0 Å². The maximum atomic E-state index is 12.6. The number of aromatic nitrogens is 4. The topological polar surface area (TPSA) is 68.4 Å². The Kier molecular flexibility index (Phi) is 5.04. The number of anilines is 1. The zero-order valence-corrected chi connectivity index (χ0v) is 17.6. The highest BCUT2D eigenvalue weighted by Gasteiger charge is 2.20. The molecule has 2 aliphatic rings. The smallest absolute Gasteiger partial charge is 0.261 e. The summed E-state index contributed by atoms with van der Waals surface area (Å²) >= 11 is 0. The average Bonchev–Trinajstić information content (AvgIpc) is 3.16. The van der Waals surface area contributed by atoms with Crippen LogP contribution in [0.1, 0.15) is 31.3 Å². The maximum absolute atomic E-state index is 12.6. The van der Waals surface area contributed by atoms with Crippen molar-refractivity contribution in [1.82, 2.24) is 24.2 Å². The minimum atomic E-state index is 0.0273. The van der Waals surface area contributed by atoms with Crippen LogP contribution in [-0.4, -0.2) is 57.0 Å². The van der Waals surface area contributed by atoms with Crippen LogP contribution in [0.5, 0.6) is 0 Å². The predicted molar refractivity (Wildman–Crippen MR) is 116 cm³/mol. The van der Waals surface area contributed by atoms with E-state index in [1.54, 1.807) is 10.9 Å². The molecule has 0 aliphatic carbocycles. The van der Waals surface area contributed by atoms with Gasteiger partial charge in [-0.3, -0.25) is 18.9 Å². The van der Waals surface area contributed by atoms with E-state index in [1.807, 2.05) is 26.0 Å². The Balaban J connectivity index is 1.26. The molecule has 0 bridgehead atoms. The molecule has 0 radical (unpaired) electrons. The van der Waals surface area contributed by atoms with Gasteiger partial charge in [0.1, 0.15) is 0 Å². The van der Waals surface area contributed by atoms with Crippen LogP contribution in [0.25, 0.3) is 10.9 Å². The summed E-state index contributed by atoms with van der Waals surface area (Å²) < 4.78 is 9.27. The lowest BCUT2D eigenvalue weighted by Crippen LogP contribution is -2.46. The lowest BCUT2D eigenvalue weighted by molar-refractivity contribution is 0.0799. The molecule has 0 atom stereocenters. The van der Waals surface area contributed by atoms with Crippen molar-refractivity contribution in [2.45, 2.75) is 39.6 Å². The average molecular weight is 409 g/mol. The molecule has 4 heterocycles. The zero-order valence-electron chi connectivity index (χ0n) is 17.6. The fraction of sp³-hybridized carbons (Fsp3) is 0.500. The van der Waals surface area contributed by atoms with E-state index in [2.05, 4.69) is 31.6 Å². The SMILES string of the molecule is CC(C)n1cnc2cc(N3CCN(Cc4cc5n(n4)CCOC5)CC3)ccc2c1=O. The fourth-order valence-corrected chi connectivity index (χ4v) is 4.31. The van der Waals surface area contributed by atoms with E-state index in [0.717, 1.165) is 62.8 Å². The highest BCUT2D eigenvalue weighted by Crippen LogP contribution is 2.21. The van der Waals surface area contributed by atoms with Gasteiger partial charge in [0.15, 0.2) is 0 Å². The van der Waals surface area contributed by atoms with E-state index in [-0.39, 0.29) is 11.6 Å². The van der Waals surface area contributed by atoms with Gasteiger partial charge in [-0.2, -0.15) is 5.10 Å². The molecule has 1 fully saturated rings. The third kappa shape index (κ3) is 3.61. The molecule has 0 unspecified atom stereocenters. The number of hydrogen-bond donors (Lipinski definition) is 0. The fourth-order valence-electron chi connectivity index (χ4n) is 4.31. The second kappa shape index (κ2) is 7.85. The van der Waals surface area contributed by atoms with Gasteiger partial charge >= 0.3 is 0 Å². The van der Waals surface area contributed by atoms with Crippen LogP contribution in [0.3, 0.4) is 0 Å². The van der Waals surface area contributed by atoms with E-state index in [1.165, 1.54) is 5.69 Å². The van der Waals surface area contributed by atoms with Crippen LogP contribution >= 0.6 is 0 Å². The molecule has 1 saturated heterocycles. The first kappa shape index (κ1) is 19.3. The number of benzene rings is 1. The molecule has 30 heavy (non-hydrogen) atoms. The summed E-state index contributed by atoms with van der Waals surface area (Å²) in [6.45, 7) is 11.0. The van der Waals surface area contributed by atoms with Crippen molar-refractivity contribution in [3.05, 3.63) is 52.3 Å². The number of hydrogen-bond acceptors (Lipinski definition) is 6. The Morgan fingerprint density at radius 2 is 1.93 bits per heavy atom. The summed E-state index contributed by atoms with van der Waals surface area (Å²) in [6.07, 6.45) is 1.66. The van der Waals surface area contributed by atoms with Crippen molar-refractivity contribution in [3.8, 4) is 0 Å². The summed E-state index contributed by atoms with van der Waals surface area (Å²) in [4.78, 5) is 22.0. The molecule has 0 N–H and O–H groups in total. The van der Waals surface area contributed by atoms with Crippen LogP contribution in [0, 0.1) is 0 Å². The third-order valence-corrected chi connectivity index (χ3v) is 6.06. The normalized spacial score (nSPS) is 17.6. The van der Waals surface area contributed by atoms with Gasteiger partial charge in [-0.1, -0.05) is 0 Å². The first-order chi connectivity index (χ1) is 14.6. The maximum Gasteiger partial charge on any atom is 0.261 e. The lowest BCUT2D eigenvalue weighted by atomic mass is 10.2. The zero-order chi connectivity index (χ0) is 20.7. The highest BCUT2D eigenvalue weighted by molar-refractivity contribution is 5.81. The van der Waals surface area contributed by atoms with E-state index < -0.39 is 0 Å². The van der Waals surface area contributed by atoms with Crippen LogP contribution < -0.4 is 10.5 Å². The van der Waals surface area contributed by atoms with Crippen molar-refractivity contribution in [2.75, 3.05) is 37.7 Å². The molecule has 0 amide bonds. The van der Waals surface area contributed by atoms with Gasteiger partial charge in [0.05, 0.1) is 48.4 Å². The Hall–Kier alpha value is -2.71. The minimum absolute atomic E-state index is 0.0273. The van der Waals surface area contributed by atoms with E-state index in [9.17, 15) is 4.79 Å². The van der Waals surface area contributed by atoms with Gasteiger partial charge in [0, 0.05) is 44.5 Å². The van der Waals surface area contributed by atoms with E-state index >= 15 is 0 Å². The molecule has 2 aliphatic heterocycles. The summed E-state index contributed by atoms with van der Waals surface area (Å²) in [5.41, 5.74) is 4.23. The summed E-state index contributed by atoms with van der Waals surface area (Å²) in [6, 6.07) is 8.29. The van der Waals surface area contributed by atoms with Gasteiger partial charge in [-0.05, 0) is 38.1 Å². The van der Waals surface area contributed by atoms with Crippen LogP contribution in [-0.2, 0) is 24.4 Å². The number of rotatable bonds is 4. The molecule has 3 aromatic rings. The van der Waals surface area contributed by atoms with E-state index in [4.69, 9.17) is 9.84 Å². The van der Waals surface area contributed by atoms with Gasteiger partial charge in [-0.15, -0.1) is 0 Å². The molecule has 5 rings (SSSR count). The Bertz CT molecular complexity index is 1090. The first-order valence-electron chi connectivity index (χ1n) is 10.7. The first-order valence-corrected chi connectivity index (χ1v) is 10.7. The molecule has 8 nitrogen and oxygen atoms in total. The molecule has 8 heteroatoms. The quantitative estimate of drug-likeness (QED) is 0.658. The number of nitrogens with zero attached hydrogens (tertiary/aromatic N) is 6. The molecule has 0 spiro atoms. The van der Waals surface area contributed by atoms with Crippen molar-refractivity contribution in [1.29, 1.82) is 0 Å². The predicted octanol–water partition coefficient (Wildman–Crippen LogP) is 2.03. The molecular formula is C22H28N6O2. The summed E-state index contributed by atoms with van der Waals surface area (Å²) in [5, 5.41) is 5.41. The minimum Gasteiger partial charge on any atom is -0.373 e. The van der Waals surface area contributed by atoms with E-state index in [0.29, 0.717) is 12.0 Å². The Labute approximate surface area is 175 Å². The van der Waals surface area contributed by atoms with Crippen molar-refractivity contribution in [3.63, 3.8) is 0 Å². The van der Waals surface area contributed by atoms with Gasteiger partial charge in [-0.25, -0.2) is 4.98 Å². The highest BCUT2D eigenvalue weighted by atomic mass is 16.5. The lowest BCUT2D eigenvalue weighted by Gasteiger charge is -2.35. The molecule has 2 aromatic heterocycles.